The van der Waals surface area contributed by atoms with Gasteiger partial charge in [0.25, 0.3) is 0 Å². The van der Waals surface area contributed by atoms with Crippen molar-refractivity contribution in [2.24, 2.45) is 0 Å². The molecule has 0 saturated heterocycles. The van der Waals surface area contributed by atoms with Gasteiger partial charge in [-0.2, -0.15) is 21.6 Å². The molecule has 0 aliphatic rings. The summed E-state index contributed by atoms with van der Waals surface area (Å²) in [4.78, 5) is 17.4. The van der Waals surface area contributed by atoms with Gasteiger partial charge >= 0.3 is 15.6 Å². The number of nitrogens with zero attached hydrogens (tertiary/aromatic N) is 1. The van der Waals surface area contributed by atoms with E-state index in [9.17, 15) is 26.4 Å². The predicted octanol–water partition coefficient (Wildman–Crippen LogP) is 1.47. The number of fused-ring (bicyclic) bond motifs is 1. The molecule has 1 amide bonds. The maximum atomic E-state index is 12.3. The standard InChI is InChI=1S/C12H12F3N3O4S/c1-7(19)16-3-2-8-5-17-11-10(8)4-9(6-18-11)22-23(20,21)12(13,14)15/h4-6H,2-3H2,1H3,(H,16,19)(H,17,18). The summed E-state index contributed by atoms with van der Waals surface area (Å²) in [5, 5.41) is 2.98. The lowest BCUT2D eigenvalue weighted by Gasteiger charge is -2.09. The molecule has 2 heterocycles. The van der Waals surface area contributed by atoms with Crippen LogP contribution in [0.15, 0.2) is 18.5 Å². The average molecular weight is 351 g/mol. The number of aromatic nitrogens is 2. The van der Waals surface area contributed by atoms with Gasteiger partial charge in [-0.25, -0.2) is 4.98 Å². The number of nitrogens with one attached hydrogen (secondary N) is 2. The summed E-state index contributed by atoms with van der Waals surface area (Å²) in [6, 6.07) is 1.14. The first-order chi connectivity index (χ1) is 10.6. The molecule has 126 valence electrons. The minimum atomic E-state index is -5.75. The zero-order chi connectivity index (χ0) is 17.3. The highest BCUT2D eigenvalue weighted by Gasteiger charge is 2.48. The van der Waals surface area contributed by atoms with Crippen LogP contribution in [-0.2, 0) is 21.3 Å². The molecule has 2 N–H and O–H groups in total. The van der Waals surface area contributed by atoms with Crippen molar-refractivity contribution in [1.29, 1.82) is 0 Å². The van der Waals surface area contributed by atoms with E-state index in [-0.39, 0.29) is 5.91 Å². The summed E-state index contributed by atoms with van der Waals surface area (Å²) in [6.45, 7) is 1.67. The molecule has 2 aromatic rings. The molecule has 2 aromatic heterocycles. The minimum Gasteiger partial charge on any atom is -0.374 e. The number of pyridine rings is 1. The largest absolute Gasteiger partial charge is 0.534 e. The van der Waals surface area contributed by atoms with Crippen molar-refractivity contribution in [2.45, 2.75) is 18.9 Å². The number of hydrogen-bond acceptors (Lipinski definition) is 5. The molecule has 0 radical (unpaired) electrons. The first kappa shape index (κ1) is 17.1. The molecule has 0 aliphatic carbocycles. The zero-order valence-corrected chi connectivity index (χ0v) is 12.6. The second-order valence-corrected chi connectivity index (χ2v) is 6.14. The Hall–Kier alpha value is -2.30. The summed E-state index contributed by atoms with van der Waals surface area (Å²) in [5.41, 5.74) is -4.51. The fourth-order valence-corrected chi connectivity index (χ4v) is 2.28. The monoisotopic (exact) mass is 351 g/mol. The lowest BCUT2D eigenvalue weighted by atomic mass is 10.1. The van der Waals surface area contributed by atoms with Crippen molar-refractivity contribution in [3.05, 3.63) is 24.0 Å². The molecule has 7 nitrogen and oxygen atoms in total. The van der Waals surface area contributed by atoms with E-state index in [1.54, 1.807) is 6.20 Å². The van der Waals surface area contributed by atoms with Gasteiger partial charge in [-0.05, 0) is 18.1 Å². The third-order valence-electron chi connectivity index (χ3n) is 2.85. The molecule has 0 unspecified atom stereocenters. The van der Waals surface area contributed by atoms with Gasteiger partial charge in [-0.1, -0.05) is 0 Å². The molecule has 0 aromatic carbocycles. The van der Waals surface area contributed by atoms with Gasteiger partial charge in [0, 0.05) is 25.1 Å². The van der Waals surface area contributed by atoms with E-state index in [4.69, 9.17) is 0 Å². The molecular weight excluding hydrogens is 339 g/mol. The zero-order valence-electron chi connectivity index (χ0n) is 11.8. The van der Waals surface area contributed by atoms with Gasteiger partial charge in [0.05, 0.1) is 6.20 Å². The summed E-state index contributed by atoms with van der Waals surface area (Å²) < 4.78 is 63.0. The van der Waals surface area contributed by atoms with E-state index in [1.165, 1.54) is 6.92 Å². The maximum absolute atomic E-state index is 12.3. The fourth-order valence-electron chi connectivity index (χ4n) is 1.84. The van der Waals surface area contributed by atoms with Crippen LogP contribution in [0.5, 0.6) is 5.75 Å². The Bertz CT molecular complexity index is 830. The van der Waals surface area contributed by atoms with Crippen molar-refractivity contribution >= 4 is 27.1 Å². The normalized spacial score (nSPS) is 12.3. The molecule has 23 heavy (non-hydrogen) atoms. The van der Waals surface area contributed by atoms with Crippen LogP contribution in [0.25, 0.3) is 11.0 Å². The Morgan fingerprint density at radius 3 is 2.74 bits per heavy atom. The molecule has 0 saturated carbocycles. The molecule has 0 spiro atoms. The quantitative estimate of drug-likeness (QED) is 0.627. The number of carbonyl (C=O) groups is 1. The van der Waals surface area contributed by atoms with Crippen LogP contribution in [0.1, 0.15) is 12.5 Å². The number of hydrogen-bond donors (Lipinski definition) is 2. The third kappa shape index (κ3) is 3.92. The molecule has 0 aliphatic heterocycles. The summed E-state index contributed by atoms with van der Waals surface area (Å²) >= 11 is 0. The van der Waals surface area contributed by atoms with Crippen LogP contribution in [0.4, 0.5) is 13.2 Å². The van der Waals surface area contributed by atoms with Gasteiger partial charge in [-0.3, -0.25) is 4.79 Å². The van der Waals surface area contributed by atoms with Gasteiger partial charge in [-0.15, -0.1) is 0 Å². The fraction of sp³-hybridized carbons (Fsp3) is 0.333. The van der Waals surface area contributed by atoms with Crippen LogP contribution in [0.2, 0.25) is 0 Å². The van der Waals surface area contributed by atoms with E-state index >= 15 is 0 Å². The second kappa shape index (κ2) is 6.07. The lowest BCUT2D eigenvalue weighted by Crippen LogP contribution is -2.28. The first-order valence-corrected chi connectivity index (χ1v) is 7.72. The predicted molar refractivity (Wildman–Crippen MR) is 74.1 cm³/mol. The van der Waals surface area contributed by atoms with Crippen molar-refractivity contribution < 1.29 is 30.6 Å². The molecular formula is C12H12F3N3O4S. The molecule has 0 bridgehead atoms. The second-order valence-electron chi connectivity index (χ2n) is 4.60. The van der Waals surface area contributed by atoms with Crippen LogP contribution in [0.3, 0.4) is 0 Å². The summed E-state index contributed by atoms with van der Waals surface area (Å²) in [5.74, 6) is -0.765. The Balaban J connectivity index is 2.25. The van der Waals surface area contributed by atoms with E-state index in [2.05, 4.69) is 19.5 Å². The Morgan fingerprint density at radius 2 is 2.13 bits per heavy atom. The first-order valence-electron chi connectivity index (χ1n) is 6.31. The number of carbonyl (C=O) groups excluding carboxylic acids is 1. The van der Waals surface area contributed by atoms with E-state index in [0.29, 0.717) is 29.6 Å². The van der Waals surface area contributed by atoms with E-state index in [0.717, 1.165) is 12.3 Å². The van der Waals surface area contributed by atoms with Crippen LogP contribution >= 0.6 is 0 Å². The number of rotatable bonds is 5. The average Bonchev–Trinajstić information content (AvgIpc) is 2.79. The van der Waals surface area contributed by atoms with Crippen LogP contribution in [0, 0.1) is 0 Å². The highest BCUT2D eigenvalue weighted by molar-refractivity contribution is 7.88. The van der Waals surface area contributed by atoms with Crippen LogP contribution < -0.4 is 9.50 Å². The number of amides is 1. The van der Waals surface area contributed by atoms with Crippen molar-refractivity contribution in [3.8, 4) is 5.75 Å². The van der Waals surface area contributed by atoms with Gasteiger partial charge in [0.2, 0.25) is 5.91 Å². The lowest BCUT2D eigenvalue weighted by molar-refractivity contribution is -0.118. The van der Waals surface area contributed by atoms with E-state index in [1.807, 2.05) is 0 Å². The van der Waals surface area contributed by atoms with Crippen molar-refractivity contribution in [1.82, 2.24) is 15.3 Å². The van der Waals surface area contributed by atoms with Gasteiger partial charge in [0.1, 0.15) is 5.65 Å². The highest BCUT2D eigenvalue weighted by Crippen LogP contribution is 2.28. The topological polar surface area (TPSA) is 101 Å². The van der Waals surface area contributed by atoms with E-state index < -0.39 is 21.4 Å². The van der Waals surface area contributed by atoms with Crippen molar-refractivity contribution in [2.75, 3.05) is 6.54 Å². The SMILES string of the molecule is CC(=O)NCCc1c[nH]c2ncc(OS(=O)(=O)C(F)(F)F)cc12. The minimum absolute atomic E-state index is 0.219. The van der Waals surface area contributed by atoms with Gasteiger partial charge in [0.15, 0.2) is 5.75 Å². The number of alkyl halides is 3. The number of aromatic amines is 1. The van der Waals surface area contributed by atoms with Crippen molar-refractivity contribution in [3.63, 3.8) is 0 Å². The Kier molecular flexibility index (Phi) is 4.50. The Morgan fingerprint density at radius 1 is 1.43 bits per heavy atom. The summed E-state index contributed by atoms with van der Waals surface area (Å²) in [6.07, 6.45) is 2.83. The summed E-state index contributed by atoms with van der Waals surface area (Å²) in [7, 11) is -5.75. The molecule has 0 atom stereocenters. The molecule has 2 rings (SSSR count). The van der Waals surface area contributed by atoms with Crippen LogP contribution in [-0.4, -0.2) is 36.3 Å². The molecule has 0 fully saturated rings. The third-order valence-corrected chi connectivity index (χ3v) is 3.83. The highest BCUT2D eigenvalue weighted by atomic mass is 32.2. The number of halogens is 3. The number of H-pyrrole nitrogens is 1. The Labute approximate surface area is 129 Å². The smallest absolute Gasteiger partial charge is 0.374 e. The molecule has 11 heteroatoms. The van der Waals surface area contributed by atoms with Gasteiger partial charge < -0.3 is 14.5 Å². The maximum Gasteiger partial charge on any atom is 0.534 e.